The van der Waals surface area contributed by atoms with Crippen molar-refractivity contribution in [1.82, 2.24) is 0 Å². The van der Waals surface area contributed by atoms with Gasteiger partial charge in [-0.25, -0.2) is 0 Å². The number of benzene rings is 1. The predicted octanol–water partition coefficient (Wildman–Crippen LogP) is 1.20. The average molecular weight is 183 g/mol. The monoisotopic (exact) mass is 183 g/mol. The standard InChI is InChI=1S/C6H7N.2C2H7N/c7-6-4-2-1-3-5-6;2*1-2-3/h1-5H,7H2;2*2-3H2,1H3. The molecule has 1 rings (SSSR count). The van der Waals surface area contributed by atoms with E-state index in [4.69, 9.17) is 17.2 Å². The highest BCUT2D eigenvalue weighted by Gasteiger charge is 1.72. The lowest BCUT2D eigenvalue weighted by molar-refractivity contribution is 1.14. The Hall–Kier alpha value is -1.06. The van der Waals surface area contributed by atoms with E-state index in [0.29, 0.717) is 0 Å². The Labute approximate surface area is 80.9 Å². The fourth-order valence-electron chi connectivity index (χ4n) is 0.453. The molecule has 0 saturated heterocycles. The third kappa shape index (κ3) is 18.2. The summed E-state index contributed by atoms with van der Waals surface area (Å²) < 4.78 is 0. The molecule has 0 radical (unpaired) electrons. The molecule has 6 N–H and O–H groups in total. The molecule has 0 atom stereocenters. The fraction of sp³-hybridized carbons (Fsp3) is 0.400. The molecular weight excluding hydrogens is 162 g/mol. The van der Waals surface area contributed by atoms with Crippen LogP contribution in [-0.4, -0.2) is 13.1 Å². The number of rotatable bonds is 0. The maximum Gasteiger partial charge on any atom is 0.0313 e. The van der Waals surface area contributed by atoms with Crippen molar-refractivity contribution in [2.75, 3.05) is 18.8 Å². The minimum absolute atomic E-state index is 0.750. The Kier molecular flexibility index (Phi) is 15.0. The summed E-state index contributed by atoms with van der Waals surface area (Å²) >= 11 is 0. The van der Waals surface area contributed by atoms with E-state index in [1.807, 2.05) is 44.2 Å². The van der Waals surface area contributed by atoms with Crippen LogP contribution in [0.5, 0.6) is 0 Å². The Bertz CT molecular complexity index is 161. The molecule has 0 amide bonds. The highest BCUT2D eigenvalue weighted by molar-refractivity contribution is 5.35. The van der Waals surface area contributed by atoms with E-state index in [9.17, 15) is 0 Å². The molecule has 0 bridgehead atoms. The van der Waals surface area contributed by atoms with Crippen LogP contribution in [0.2, 0.25) is 0 Å². The van der Waals surface area contributed by atoms with E-state index in [1.54, 1.807) is 0 Å². The minimum atomic E-state index is 0.750. The summed E-state index contributed by atoms with van der Waals surface area (Å²) in [7, 11) is 0. The maximum absolute atomic E-state index is 5.36. The minimum Gasteiger partial charge on any atom is -0.399 e. The number of nitrogen functional groups attached to an aromatic ring is 1. The number of para-hydroxylation sites is 1. The molecule has 0 aliphatic rings. The normalized spacial score (nSPS) is 7.38. The summed E-state index contributed by atoms with van der Waals surface area (Å²) in [5.74, 6) is 0. The van der Waals surface area contributed by atoms with E-state index >= 15 is 0 Å². The lowest BCUT2D eigenvalue weighted by atomic mass is 10.3. The van der Waals surface area contributed by atoms with E-state index in [-0.39, 0.29) is 0 Å². The summed E-state index contributed by atoms with van der Waals surface area (Å²) in [6.45, 7) is 5.31. The van der Waals surface area contributed by atoms with E-state index in [2.05, 4.69) is 0 Å². The number of hydrogen-bond donors (Lipinski definition) is 3. The third-order valence-electron chi connectivity index (χ3n) is 0.800. The second kappa shape index (κ2) is 13.5. The molecule has 0 aliphatic heterocycles. The van der Waals surface area contributed by atoms with Crippen LogP contribution in [0, 0.1) is 0 Å². The van der Waals surface area contributed by atoms with Crippen molar-refractivity contribution in [3.05, 3.63) is 30.3 Å². The van der Waals surface area contributed by atoms with Gasteiger partial charge in [-0.2, -0.15) is 0 Å². The SMILES string of the molecule is CCN.CCN.Nc1ccccc1. The van der Waals surface area contributed by atoms with Gasteiger partial charge in [-0.15, -0.1) is 0 Å². The van der Waals surface area contributed by atoms with Crippen molar-refractivity contribution in [3.8, 4) is 0 Å². The van der Waals surface area contributed by atoms with Gasteiger partial charge in [0.1, 0.15) is 0 Å². The molecule has 1 aromatic rings. The van der Waals surface area contributed by atoms with E-state index < -0.39 is 0 Å². The Morgan fingerprint density at radius 1 is 0.923 bits per heavy atom. The first kappa shape index (κ1) is 14.5. The second-order valence-corrected chi connectivity index (χ2v) is 2.23. The maximum atomic E-state index is 5.36. The fourth-order valence-corrected chi connectivity index (χ4v) is 0.453. The van der Waals surface area contributed by atoms with E-state index in [1.165, 1.54) is 0 Å². The van der Waals surface area contributed by atoms with Crippen molar-refractivity contribution >= 4 is 5.69 Å². The molecule has 3 heteroatoms. The zero-order valence-corrected chi connectivity index (χ0v) is 8.53. The van der Waals surface area contributed by atoms with Crippen LogP contribution in [0.1, 0.15) is 13.8 Å². The van der Waals surface area contributed by atoms with Crippen molar-refractivity contribution in [2.24, 2.45) is 11.5 Å². The molecule has 3 nitrogen and oxygen atoms in total. The van der Waals surface area contributed by atoms with Crippen molar-refractivity contribution in [1.29, 1.82) is 0 Å². The summed E-state index contributed by atoms with van der Waals surface area (Å²) in [6, 6.07) is 9.49. The van der Waals surface area contributed by atoms with Crippen molar-refractivity contribution < 1.29 is 0 Å². The smallest absolute Gasteiger partial charge is 0.0313 e. The highest BCUT2D eigenvalue weighted by atomic mass is 14.5. The predicted molar refractivity (Wildman–Crippen MR) is 60.3 cm³/mol. The molecule has 0 aromatic heterocycles. The quantitative estimate of drug-likeness (QED) is 0.529. The molecule has 1 aromatic carbocycles. The van der Waals surface area contributed by atoms with Crippen LogP contribution in [0.25, 0.3) is 0 Å². The Morgan fingerprint density at radius 2 is 1.23 bits per heavy atom. The molecule has 0 spiro atoms. The van der Waals surface area contributed by atoms with Gasteiger partial charge in [0.05, 0.1) is 0 Å². The molecule has 76 valence electrons. The van der Waals surface area contributed by atoms with Gasteiger partial charge in [-0.05, 0) is 25.2 Å². The lowest BCUT2D eigenvalue weighted by Crippen LogP contribution is -1.87. The van der Waals surface area contributed by atoms with Crippen LogP contribution in [0.4, 0.5) is 5.69 Å². The summed E-state index contributed by atoms with van der Waals surface area (Å²) in [6.07, 6.45) is 0. The topological polar surface area (TPSA) is 78.1 Å². The summed E-state index contributed by atoms with van der Waals surface area (Å²) in [4.78, 5) is 0. The van der Waals surface area contributed by atoms with Crippen LogP contribution in [0.3, 0.4) is 0 Å². The van der Waals surface area contributed by atoms with Gasteiger partial charge in [-0.3, -0.25) is 0 Å². The number of nitrogens with two attached hydrogens (primary N) is 3. The largest absolute Gasteiger partial charge is 0.399 e. The molecule has 0 saturated carbocycles. The van der Waals surface area contributed by atoms with Gasteiger partial charge >= 0.3 is 0 Å². The first-order valence-corrected chi connectivity index (χ1v) is 4.43. The number of hydrogen-bond acceptors (Lipinski definition) is 3. The van der Waals surface area contributed by atoms with Gasteiger partial charge < -0.3 is 17.2 Å². The lowest BCUT2D eigenvalue weighted by Gasteiger charge is -1.83. The second-order valence-electron chi connectivity index (χ2n) is 2.23. The van der Waals surface area contributed by atoms with Crippen LogP contribution in [0.15, 0.2) is 30.3 Å². The summed E-state index contributed by atoms with van der Waals surface area (Å²) in [5.41, 5.74) is 15.9. The van der Waals surface area contributed by atoms with Crippen molar-refractivity contribution in [2.45, 2.75) is 13.8 Å². The van der Waals surface area contributed by atoms with E-state index in [0.717, 1.165) is 18.8 Å². The average Bonchev–Trinajstić information content (AvgIpc) is 2.08. The Balaban J connectivity index is 0. The molecule has 0 unspecified atom stereocenters. The molecule has 0 aliphatic carbocycles. The van der Waals surface area contributed by atoms with Gasteiger partial charge in [0.25, 0.3) is 0 Å². The third-order valence-corrected chi connectivity index (χ3v) is 0.800. The van der Waals surface area contributed by atoms with Gasteiger partial charge in [0.2, 0.25) is 0 Å². The zero-order chi connectivity index (χ0) is 10.5. The Morgan fingerprint density at radius 3 is 1.38 bits per heavy atom. The first-order valence-electron chi connectivity index (χ1n) is 4.43. The first-order chi connectivity index (χ1) is 6.22. The molecule has 13 heavy (non-hydrogen) atoms. The number of anilines is 1. The van der Waals surface area contributed by atoms with Gasteiger partial charge in [0.15, 0.2) is 0 Å². The molecular formula is C10H21N3. The molecule has 0 heterocycles. The van der Waals surface area contributed by atoms with Gasteiger partial charge in [0, 0.05) is 5.69 Å². The van der Waals surface area contributed by atoms with Crippen molar-refractivity contribution in [3.63, 3.8) is 0 Å². The highest BCUT2D eigenvalue weighted by Crippen LogP contribution is 1.95. The summed E-state index contributed by atoms with van der Waals surface area (Å²) in [5, 5.41) is 0. The zero-order valence-electron chi connectivity index (χ0n) is 8.53. The van der Waals surface area contributed by atoms with Gasteiger partial charge in [-0.1, -0.05) is 32.0 Å². The van der Waals surface area contributed by atoms with Crippen LogP contribution in [-0.2, 0) is 0 Å². The van der Waals surface area contributed by atoms with Crippen LogP contribution >= 0.6 is 0 Å². The van der Waals surface area contributed by atoms with Crippen LogP contribution < -0.4 is 17.2 Å². The molecule has 0 fully saturated rings.